The zero-order chi connectivity index (χ0) is 14.2. The molecule has 0 aromatic heterocycles. The van der Waals surface area contributed by atoms with Gasteiger partial charge < -0.3 is 0 Å². The van der Waals surface area contributed by atoms with E-state index in [1.54, 1.807) is 24.9 Å². The molecule has 0 aromatic rings. The van der Waals surface area contributed by atoms with Crippen LogP contribution in [0, 0.1) is 0 Å². The van der Waals surface area contributed by atoms with Crippen LogP contribution >= 0.6 is 11.8 Å². The van der Waals surface area contributed by atoms with Crippen LogP contribution in [0.1, 0.15) is 6.92 Å². The molecule has 1 saturated heterocycles. The quantitative estimate of drug-likeness (QED) is 0.562. The van der Waals surface area contributed by atoms with E-state index in [1.165, 1.54) is 11.9 Å². The van der Waals surface area contributed by atoms with Gasteiger partial charge in [-0.15, -0.1) is 0 Å². The monoisotopic (exact) mass is 281 g/mol. The van der Waals surface area contributed by atoms with E-state index < -0.39 is 6.04 Å². The highest BCUT2D eigenvalue weighted by atomic mass is 32.2. The smallest absolute Gasteiger partial charge is 0.269 e. The third-order valence-electron chi connectivity index (χ3n) is 3.09. The summed E-state index contributed by atoms with van der Waals surface area (Å²) >= 11 is 1.56. The van der Waals surface area contributed by atoms with Gasteiger partial charge in [0.25, 0.3) is 17.8 Å². The summed E-state index contributed by atoms with van der Waals surface area (Å²) in [5.74, 6) is 1.12. The molecule has 0 aromatic carbocycles. The Balaban J connectivity index is 2.45. The van der Waals surface area contributed by atoms with Crippen LogP contribution in [0.5, 0.6) is 0 Å². The molecule has 1 atom stereocenters. The normalized spacial score (nSPS) is 22.9. The average Bonchev–Trinajstić information content (AvgIpc) is 2.74. The van der Waals surface area contributed by atoms with Gasteiger partial charge in [0.1, 0.15) is 6.54 Å². The molecule has 1 fully saturated rings. The molecule has 0 aliphatic carbocycles. The van der Waals surface area contributed by atoms with Crippen molar-refractivity contribution in [3.05, 3.63) is 12.7 Å². The first-order valence-electron chi connectivity index (χ1n) is 6.04. The van der Waals surface area contributed by atoms with Crippen molar-refractivity contribution >= 4 is 34.7 Å². The van der Waals surface area contributed by atoms with E-state index >= 15 is 0 Å². The Bertz CT molecular complexity index is 512. The lowest BCUT2D eigenvalue weighted by molar-refractivity contribution is -0.522. The van der Waals surface area contributed by atoms with Gasteiger partial charge in [-0.1, -0.05) is 19.6 Å². The summed E-state index contributed by atoms with van der Waals surface area (Å²) in [5.41, 5.74) is 0. The maximum Gasteiger partial charge on any atom is 0.358 e. The van der Waals surface area contributed by atoms with Crippen molar-refractivity contribution in [1.82, 2.24) is 9.80 Å². The van der Waals surface area contributed by atoms with Gasteiger partial charge in [-0.2, -0.15) is 0 Å². The van der Waals surface area contributed by atoms with E-state index in [2.05, 4.69) is 11.6 Å². The Kier molecular flexibility index (Phi) is 3.75. The number of carbonyl (C=O) groups excluding carboxylic acids is 2. The topological polar surface area (TPSA) is 56.0 Å². The molecule has 6 nitrogen and oxygen atoms in total. The molecule has 3 amide bonds. The summed E-state index contributed by atoms with van der Waals surface area (Å²) in [6.07, 6.45) is 1.73. The van der Waals surface area contributed by atoms with Crippen molar-refractivity contribution in [2.45, 2.75) is 13.0 Å². The molecule has 19 heavy (non-hydrogen) atoms. The first-order valence-corrected chi connectivity index (χ1v) is 7.02. The predicted octanol–water partition coefficient (Wildman–Crippen LogP) is 0.599. The van der Waals surface area contributed by atoms with Gasteiger partial charge in [0.05, 0.1) is 0 Å². The Labute approximate surface area is 116 Å². The molecule has 2 aliphatic heterocycles. The van der Waals surface area contributed by atoms with Crippen molar-refractivity contribution in [2.24, 2.45) is 4.99 Å². The van der Waals surface area contributed by atoms with E-state index in [9.17, 15) is 9.59 Å². The fraction of sp³-hybridized carbons (Fsp3) is 0.500. The van der Waals surface area contributed by atoms with Crippen molar-refractivity contribution in [1.29, 1.82) is 0 Å². The average molecular weight is 281 g/mol. The third kappa shape index (κ3) is 2.07. The summed E-state index contributed by atoms with van der Waals surface area (Å²) < 4.78 is 1.89. The standard InChI is InChI=1S/C12H17N4O2S/c1-5-7-16-8-9(13-11(16)19-6-2)14(3)12(18)15(4)10(8)17/h5,8H,1,6-7H2,2-4H3/q+1. The summed E-state index contributed by atoms with van der Waals surface area (Å²) in [4.78, 5) is 31.2. The molecule has 2 aliphatic rings. The third-order valence-corrected chi connectivity index (χ3v) is 3.97. The molecule has 0 spiro atoms. The van der Waals surface area contributed by atoms with Crippen LogP contribution in [-0.4, -0.2) is 69.8 Å². The number of likely N-dealkylation sites (N-methyl/N-ethyl adjacent to an activating group) is 2. The maximum atomic E-state index is 12.3. The number of hydrogen-bond acceptors (Lipinski definition) is 4. The van der Waals surface area contributed by atoms with E-state index in [1.807, 2.05) is 11.5 Å². The summed E-state index contributed by atoms with van der Waals surface area (Å²) in [5, 5.41) is 0.769. The van der Waals surface area contributed by atoms with Crippen molar-refractivity contribution in [2.75, 3.05) is 26.4 Å². The second kappa shape index (κ2) is 5.16. The summed E-state index contributed by atoms with van der Waals surface area (Å²) in [6.45, 7) is 6.27. The highest BCUT2D eigenvalue weighted by molar-refractivity contribution is 8.13. The van der Waals surface area contributed by atoms with Crippen LogP contribution in [-0.2, 0) is 4.79 Å². The molecule has 7 heteroatoms. The van der Waals surface area contributed by atoms with Gasteiger partial charge in [0.15, 0.2) is 0 Å². The highest BCUT2D eigenvalue weighted by Crippen LogP contribution is 2.22. The van der Waals surface area contributed by atoms with Crippen LogP contribution in [0.15, 0.2) is 17.6 Å². The van der Waals surface area contributed by atoms with E-state index in [-0.39, 0.29) is 11.9 Å². The van der Waals surface area contributed by atoms with Gasteiger partial charge in [-0.05, 0) is 16.8 Å². The largest absolute Gasteiger partial charge is 0.358 e. The van der Waals surface area contributed by atoms with Gasteiger partial charge >= 0.3 is 11.2 Å². The molecule has 102 valence electrons. The first-order chi connectivity index (χ1) is 9.02. The number of hydrogen-bond donors (Lipinski definition) is 0. The minimum atomic E-state index is -0.514. The number of aliphatic imine (C=N–C) groups is 1. The summed E-state index contributed by atoms with van der Waals surface area (Å²) in [7, 11) is 3.14. The highest BCUT2D eigenvalue weighted by Gasteiger charge is 2.52. The molecule has 1 unspecified atom stereocenters. The SMILES string of the molecule is C=CC[N+]1=C(SCC)N=C2C1C(=O)N(C)C(=O)N2C. The van der Waals surface area contributed by atoms with Crippen molar-refractivity contribution < 1.29 is 14.2 Å². The van der Waals surface area contributed by atoms with Gasteiger partial charge in [0, 0.05) is 19.8 Å². The number of amides is 3. The first kappa shape index (κ1) is 13.8. The Morgan fingerprint density at radius 2 is 2.11 bits per heavy atom. The van der Waals surface area contributed by atoms with Gasteiger partial charge in [0.2, 0.25) is 0 Å². The van der Waals surface area contributed by atoms with Crippen LogP contribution in [0.2, 0.25) is 0 Å². The van der Waals surface area contributed by atoms with Crippen LogP contribution in [0.4, 0.5) is 4.79 Å². The molecular formula is C12H17N4O2S+. The van der Waals surface area contributed by atoms with Gasteiger partial charge in [-0.3, -0.25) is 14.6 Å². The number of rotatable bonds is 3. The van der Waals surface area contributed by atoms with Crippen LogP contribution < -0.4 is 0 Å². The lowest BCUT2D eigenvalue weighted by Crippen LogP contribution is -2.61. The van der Waals surface area contributed by atoms with E-state index in [4.69, 9.17) is 0 Å². The van der Waals surface area contributed by atoms with Gasteiger partial charge in [-0.25, -0.2) is 9.37 Å². The lowest BCUT2D eigenvalue weighted by atomic mass is 10.1. The Hall–Kier alpha value is -1.63. The minimum absolute atomic E-state index is 0.240. The Morgan fingerprint density at radius 1 is 1.42 bits per heavy atom. The van der Waals surface area contributed by atoms with Crippen molar-refractivity contribution in [3.8, 4) is 0 Å². The number of fused-ring (bicyclic) bond motifs is 1. The number of amidine groups is 2. The molecule has 0 saturated carbocycles. The number of urea groups is 1. The number of nitrogens with zero attached hydrogens (tertiary/aromatic N) is 4. The Morgan fingerprint density at radius 3 is 2.68 bits per heavy atom. The zero-order valence-corrected chi connectivity index (χ0v) is 12.1. The number of carbonyl (C=O) groups is 2. The van der Waals surface area contributed by atoms with E-state index in [0.717, 1.165) is 15.8 Å². The number of thioether (sulfide) groups is 1. The van der Waals surface area contributed by atoms with E-state index in [0.29, 0.717) is 12.4 Å². The van der Waals surface area contributed by atoms with Crippen LogP contribution in [0.3, 0.4) is 0 Å². The molecular weight excluding hydrogens is 264 g/mol. The molecule has 2 heterocycles. The fourth-order valence-electron chi connectivity index (χ4n) is 2.14. The lowest BCUT2D eigenvalue weighted by Gasteiger charge is -2.30. The maximum absolute atomic E-state index is 12.3. The molecule has 2 rings (SSSR count). The van der Waals surface area contributed by atoms with Crippen LogP contribution in [0.25, 0.3) is 0 Å². The zero-order valence-electron chi connectivity index (χ0n) is 11.3. The van der Waals surface area contributed by atoms with Crippen molar-refractivity contribution in [3.63, 3.8) is 0 Å². The second-order valence-electron chi connectivity index (χ2n) is 4.27. The number of imide groups is 1. The molecule has 0 radical (unpaired) electrons. The molecule has 0 N–H and O–H groups in total. The fourth-order valence-corrected chi connectivity index (χ4v) is 2.90. The predicted molar refractivity (Wildman–Crippen MR) is 75.6 cm³/mol. The minimum Gasteiger partial charge on any atom is -0.269 e. The second-order valence-corrected chi connectivity index (χ2v) is 5.50. The molecule has 0 bridgehead atoms. The summed E-state index contributed by atoms with van der Waals surface area (Å²) in [6, 6.07) is -0.860.